The Balaban J connectivity index is 1.89. The Morgan fingerprint density at radius 2 is 2.00 bits per heavy atom. The van der Waals surface area contributed by atoms with Gasteiger partial charge < -0.3 is 10.1 Å². The molecule has 0 radical (unpaired) electrons. The molecule has 0 unspecified atom stereocenters. The number of pyridine rings is 1. The fourth-order valence-corrected chi connectivity index (χ4v) is 3.41. The Bertz CT molecular complexity index is 806. The van der Waals surface area contributed by atoms with Crippen LogP contribution in [0.5, 0.6) is 0 Å². The van der Waals surface area contributed by atoms with E-state index in [9.17, 15) is 5.26 Å². The molecular weight excluding hydrogens is 310 g/mol. The van der Waals surface area contributed by atoms with E-state index in [4.69, 9.17) is 4.74 Å². The van der Waals surface area contributed by atoms with Crippen molar-refractivity contribution in [2.45, 2.75) is 58.8 Å². The highest BCUT2D eigenvalue weighted by Crippen LogP contribution is 2.34. The molecule has 0 amide bonds. The molecular formula is C21H25N3O. The van der Waals surface area contributed by atoms with Crippen molar-refractivity contribution >= 4 is 5.82 Å². The van der Waals surface area contributed by atoms with Crippen LogP contribution in [0.1, 0.15) is 48.7 Å². The van der Waals surface area contributed by atoms with E-state index in [0.29, 0.717) is 18.0 Å². The molecule has 0 bridgehead atoms. The third kappa shape index (κ3) is 3.83. The predicted octanol–water partition coefficient (Wildman–Crippen LogP) is 4.16. The van der Waals surface area contributed by atoms with Gasteiger partial charge in [0.25, 0.3) is 0 Å². The zero-order valence-electron chi connectivity index (χ0n) is 15.4. The third-order valence-electron chi connectivity index (χ3n) is 4.71. The van der Waals surface area contributed by atoms with Crippen molar-refractivity contribution in [3.05, 3.63) is 58.3 Å². The van der Waals surface area contributed by atoms with E-state index >= 15 is 0 Å². The molecule has 1 atom stereocenters. The van der Waals surface area contributed by atoms with Crippen LogP contribution in [0.2, 0.25) is 0 Å². The van der Waals surface area contributed by atoms with Crippen LogP contribution in [-0.2, 0) is 24.2 Å². The summed E-state index contributed by atoms with van der Waals surface area (Å²) in [7, 11) is 0. The van der Waals surface area contributed by atoms with Gasteiger partial charge >= 0.3 is 0 Å². The number of rotatable bonds is 4. The molecule has 1 aliphatic rings. The second kappa shape index (κ2) is 6.85. The molecule has 3 rings (SSSR count). The molecule has 0 saturated heterocycles. The maximum absolute atomic E-state index is 9.77. The van der Waals surface area contributed by atoms with Crippen molar-refractivity contribution in [3.63, 3.8) is 0 Å². The normalized spacial score (nSPS) is 16.6. The number of hydrogen-bond donors (Lipinski definition) is 1. The molecule has 0 aliphatic carbocycles. The molecule has 0 spiro atoms. The molecule has 4 heteroatoms. The zero-order valence-corrected chi connectivity index (χ0v) is 15.4. The van der Waals surface area contributed by atoms with Crippen LogP contribution in [0.3, 0.4) is 0 Å². The highest BCUT2D eigenvalue weighted by atomic mass is 16.5. The van der Waals surface area contributed by atoms with Gasteiger partial charge in [0.2, 0.25) is 0 Å². The number of hydrogen-bond acceptors (Lipinski definition) is 4. The van der Waals surface area contributed by atoms with Gasteiger partial charge in [-0.15, -0.1) is 0 Å². The van der Waals surface area contributed by atoms with E-state index in [1.54, 1.807) is 0 Å². The van der Waals surface area contributed by atoms with Gasteiger partial charge in [0.15, 0.2) is 0 Å². The minimum atomic E-state index is -0.251. The largest absolute Gasteiger partial charge is 0.370 e. The quantitative estimate of drug-likeness (QED) is 0.911. The summed E-state index contributed by atoms with van der Waals surface area (Å²) in [4.78, 5) is 4.67. The van der Waals surface area contributed by atoms with Crippen LogP contribution in [-0.4, -0.2) is 16.6 Å². The monoisotopic (exact) mass is 335 g/mol. The molecule has 0 fully saturated rings. The zero-order chi connectivity index (χ0) is 18.0. The highest BCUT2D eigenvalue weighted by Gasteiger charge is 2.31. The van der Waals surface area contributed by atoms with Crippen LogP contribution < -0.4 is 5.32 Å². The molecule has 1 aromatic carbocycles. The molecule has 2 heterocycles. The minimum absolute atomic E-state index is 0.187. The molecule has 130 valence electrons. The number of anilines is 1. The van der Waals surface area contributed by atoms with E-state index in [0.717, 1.165) is 29.7 Å². The van der Waals surface area contributed by atoms with Crippen molar-refractivity contribution in [1.29, 1.82) is 5.26 Å². The summed E-state index contributed by atoms with van der Waals surface area (Å²) in [6.07, 6.45) is 1.62. The van der Waals surface area contributed by atoms with Gasteiger partial charge in [-0.1, -0.05) is 30.3 Å². The van der Waals surface area contributed by atoms with E-state index in [1.165, 1.54) is 5.56 Å². The number of aromatic nitrogens is 1. The lowest BCUT2D eigenvalue weighted by atomic mass is 9.88. The lowest BCUT2D eigenvalue weighted by Crippen LogP contribution is -2.33. The van der Waals surface area contributed by atoms with E-state index in [2.05, 4.69) is 49.3 Å². The van der Waals surface area contributed by atoms with Crippen molar-refractivity contribution in [2.75, 3.05) is 5.32 Å². The maximum atomic E-state index is 9.77. The molecule has 1 aliphatic heterocycles. The van der Waals surface area contributed by atoms with Gasteiger partial charge in [-0.3, -0.25) is 0 Å². The van der Waals surface area contributed by atoms with Crippen LogP contribution >= 0.6 is 0 Å². The van der Waals surface area contributed by atoms with E-state index in [1.807, 2.05) is 25.1 Å². The Kier molecular flexibility index (Phi) is 4.78. The van der Waals surface area contributed by atoms with E-state index < -0.39 is 0 Å². The topological polar surface area (TPSA) is 57.9 Å². The maximum Gasteiger partial charge on any atom is 0.144 e. The van der Waals surface area contributed by atoms with Gasteiger partial charge in [-0.25, -0.2) is 4.98 Å². The number of benzene rings is 1. The lowest BCUT2D eigenvalue weighted by Gasteiger charge is -2.33. The number of fused-ring (bicyclic) bond motifs is 1. The van der Waals surface area contributed by atoms with Crippen LogP contribution in [0, 0.1) is 18.3 Å². The van der Waals surface area contributed by atoms with E-state index in [-0.39, 0.29) is 11.6 Å². The van der Waals surface area contributed by atoms with Gasteiger partial charge in [0, 0.05) is 23.7 Å². The molecule has 1 N–H and O–H groups in total. The third-order valence-corrected chi connectivity index (χ3v) is 4.71. The summed E-state index contributed by atoms with van der Waals surface area (Å²) >= 11 is 0. The fraction of sp³-hybridized carbons (Fsp3) is 0.429. The van der Waals surface area contributed by atoms with Gasteiger partial charge in [-0.05, 0) is 45.2 Å². The van der Waals surface area contributed by atoms with Crippen molar-refractivity contribution in [2.24, 2.45) is 0 Å². The average Bonchev–Trinajstić information content (AvgIpc) is 2.55. The Hall–Kier alpha value is -2.38. The first-order valence-electron chi connectivity index (χ1n) is 8.76. The van der Waals surface area contributed by atoms with Crippen molar-refractivity contribution < 1.29 is 4.74 Å². The first-order chi connectivity index (χ1) is 11.9. The summed E-state index contributed by atoms with van der Waals surface area (Å²) in [5.41, 5.74) is 4.78. The molecule has 2 aromatic rings. The first-order valence-corrected chi connectivity index (χ1v) is 8.76. The second-order valence-electron chi connectivity index (χ2n) is 7.45. The molecule has 0 saturated carbocycles. The fourth-order valence-electron chi connectivity index (χ4n) is 3.41. The van der Waals surface area contributed by atoms with Crippen LogP contribution in [0.15, 0.2) is 30.3 Å². The van der Waals surface area contributed by atoms with Crippen molar-refractivity contribution in [3.8, 4) is 6.07 Å². The molecule has 1 aromatic heterocycles. The Labute approximate surface area is 149 Å². The number of ether oxygens (including phenoxy) is 1. The second-order valence-corrected chi connectivity index (χ2v) is 7.45. The first kappa shape index (κ1) is 17.4. The number of nitrogens with one attached hydrogen (secondary N) is 1. The van der Waals surface area contributed by atoms with Gasteiger partial charge in [0.1, 0.15) is 11.9 Å². The summed E-state index contributed by atoms with van der Waals surface area (Å²) in [5, 5.41) is 13.2. The van der Waals surface area contributed by atoms with Crippen LogP contribution in [0.25, 0.3) is 0 Å². The number of nitrogens with zero attached hydrogens (tertiary/aromatic N) is 2. The summed E-state index contributed by atoms with van der Waals surface area (Å²) < 4.78 is 5.90. The SMILES string of the molecule is Cc1nc(N[C@@H](C)Cc2ccccc2)c(C#N)c2c1COC(C)(C)C2. The molecule has 25 heavy (non-hydrogen) atoms. The Morgan fingerprint density at radius 1 is 1.28 bits per heavy atom. The van der Waals surface area contributed by atoms with Crippen molar-refractivity contribution in [1.82, 2.24) is 4.98 Å². The molecule has 4 nitrogen and oxygen atoms in total. The van der Waals surface area contributed by atoms with Gasteiger partial charge in [-0.2, -0.15) is 5.26 Å². The predicted molar refractivity (Wildman–Crippen MR) is 99.5 cm³/mol. The highest BCUT2D eigenvalue weighted by molar-refractivity contribution is 5.60. The summed E-state index contributed by atoms with van der Waals surface area (Å²) in [6.45, 7) is 8.78. The Morgan fingerprint density at radius 3 is 2.68 bits per heavy atom. The summed E-state index contributed by atoms with van der Waals surface area (Å²) in [6, 6.07) is 12.9. The number of aryl methyl sites for hydroxylation is 1. The standard InChI is InChI=1S/C21H25N3O/c1-14(10-16-8-6-5-7-9-16)23-20-18(12-22)17-11-21(3,4)25-13-19(17)15(2)24-20/h5-9,14H,10-11,13H2,1-4H3,(H,23,24)/t14-/m0/s1. The smallest absolute Gasteiger partial charge is 0.144 e. The number of nitriles is 1. The van der Waals surface area contributed by atoms with Gasteiger partial charge in [0.05, 0.1) is 17.8 Å². The summed E-state index contributed by atoms with van der Waals surface area (Å²) in [5.74, 6) is 0.694. The lowest BCUT2D eigenvalue weighted by molar-refractivity contribution is -0.0405. The van der Waals surface area contributed by atoms with Crippen LogP contribution in [0.4, 0.5) is 5.82 Å². The average molecular weight is 335 g/mol. The minimum Gasteiger partial charge on any atom is -0.370 e.